The zero-order valence-corrected chi connectivity index (χ0v) is 12.8. The van der Waals surface area contributed by atoms with Gasteiger partial charge in [0.2, 0.25) is 0 Å². The topological polar surface area (TPSA) is 38.3 Å². The van der Waals surface area contributed by atoms with Gasteiger partial charge in [0, 0.05) is 6.54 Å². The fourth-order valence-corrected chi connectivity index (χ4v) is 2.91. The number of rotatable bonds is 5. The van der Waals surface area contributed by atoms with Gasteiger partial charge in [-0.2, -0.15) is 0 Å². The first kappa shape index (κ1) is 14.1. The number of benzene rings is 1. The number of hydrogen-bond acceptors (Lipinski definition) is 3. The third-order valence-electron chi connectivity index (χ3n) is 2.66. The summed E-state index contributed by atoms with van der Waals surface area (Å²) in [7, 11) is 1.57. The second-order valence-corrected chi connectivity index (χ2v) is 5.93. The fourth-order valence-electron chi connectivity index (χ4n) is 1.67. The summed E-state index contributed by atoms with van der Waals surface area (Å²) in [6.07, 6.45) is 0. The maximum Gasteiger partial charge on any atom is 0.265 e. The fraction of sp³-hybridized carbons (Fsp3) is 0.214. The van der Waals surface area contributed by atoms with Crippen molar-refractivity contribution in [2.45, 2.75) is 4.83 Å². The number of alkyl halides is 1. The Morgan fingerprint density at radius 3 is 2.79 bits per heavy atom. The lowest BCUT2D eigenvalue weighted by atomic mass is 10.1. The largest absolute Gasteiger partial charge is 0.495 e. The second kappa shape index (κ2) is 6.73. The normalized spacial score (nSPS) is 11.9. The Labute approximate surface area is 124 Å². The Morgan fingerprint density at radius 2 is 2.11 bits per heavy atom. The van der Waals surface area contributed by atoms with E-state index in [9.17, 15) is 4.79 Å². The van der Waals surface area contributed by atoms with Crippen LogP contribution in [0, 0.1) is 0 Å². The van der Waals surface area contributed by atoms with Crippen LogP contribution in [0.4, 0.5) is 0 Å². The summed E-state index contributed by atoms with van der Waals surface area (Å²) in [5.41, 5.74) is 1.14. The molecule has 1 N–H and O–H groups in total. The third kappa shape index (κ3) is 3.58. The molecule has 19 heavy (non-hydrogen) atoms. The van der Waals surface area contributed by atoms with E-state index in [-0.39, 0.29) is 10.7 Å². The summed E-state index contributed by atoms with van der Waals surface area (Å²) < 4.78 is 5.14. The molecule has 1 amide bonds. The van der Waals surface area contributed by atoms with Gasteiger partial charge < -0.3 is 10.1 Å². The van der Waals surface area contributed by atoms with Crippen molar-refractivity contribution in [1.82, 2.24) is 5.32 Å². The van der Waals surface area contributed by atoms with Gasteiger partial charge in [0.25, 0.3) is 5.91 Å². The maximum atomic E-state index is 12.0. The van der Waals surface area contributed by atoms with Crippen molar-refractivity contribution in [3.05, 3.63) is 52.2 Å². The van der Waals surface area contributed by atoms with Crippen molar-refractivity contribution in [3.8, 4) is 5.75 Å². The van der Waals surface area contributed by atoms with Gasteiger partial charge in [-0.1, -0.05) is 46.3 Å². The summed E-state index contributed by atoms with van der Waals surface area (Å²) in [6.45, 7) is 0.532. The molecular formula is C14H14BrNO2S. The molecule has 1 atom stereocenters. The molecule has 0 spiro atoms. The van der Waals surface area contributed by atoms with Gasteiger partial charge in [0.1, 0.15) is 10.6 Å². The number of ether oxygens (including phenoxy) is 1. The van der Waals surface area contributed by atoms with E-state index in [1.54, 1.807) is 13.2 Å². The molecule has 0 aliphatic carbocycles. The first-order chi connectivity index (χ1) is 9.22. The van der Waals surface area contributed by atoms with Crippen LogP contribution in [0.3, 0.4) is 0 Å². The molecule has 0 radical (unpaired) electrons. The molecule has 0 aliphatic heterocycles. The Morgan fingerprint density at radius 1 is 1.37 bits per heavy atom. The van der Waals surface area contributed by atoms with Gasteiger partial charge in [-0.25, -0.2) is 0 Å². The third-order valence-corrected chi connectivity index (χ3v) is 4.41. The van der Waals surface area contributed by atoms with Gasteiger partial charge in [-0.05, 0) is 17.0 Å². The Bertz CT molecular complexity index is 541. The summed E-state index contributed by atoms with van der Waals surface area (Å²) in [4.78, 5) is 12.7. The summed E-state index contributed by atoms with van der Waals surface area (Å²) in [5.74, 6) is 0.514. The van der Waals surface area contributed by atoms with Gasteiger partial charge in [-0.3, -0.25) is 4.79 Å². The SMILES string of the molecule is COc1ccsc1C(=O)NCC(Br)c1ccccc1. The molecule has 0 bridgehead atoms. The van der Waals surface area contributed by atoms with Crippen molar-refractivity contribution in [3.63, 3.8) is 0 Å². The second-order valence-electron chi connectivity index (χ2n) is 3.91. The van der Waals surface area contributed by atoms with E-state index in [4.69, 9.17) is 4.74 Å². The minimum atomic E-state index is -0.104. The van der Waals surface area contributed by atoms with E-state index < -0.39 is 0 Å². The molecule has 0 saturated heterocycles. The number of carbonyl (C=O) groups is 1. The minimum Gasteiger partial charge on any atom is -0.495 e. The molecule has 5 heteroatoms. The van der Waals surface area contributed by atoms with Gasteiger partial charge in [-0.15, -0.1) is 11.3 Å². The number of halogens is 1. The van der Waals surface area contributed by atoms with Crippen LogP contribution in [0.1, 0.15) is 20.1 Å². The molecule has 1 aromatic carbocycles. The summed E-state index contributed by atoms with van der Waals surface area (Å²) >= 11 is 4.95. The molecule has 2 aromatic rings. The van der Waals surface area contributed by atoms with Crippen LogP contribution in [0.2, 0.25) is 0 Å². The first-order valence-corrected chi connectivity index (χ1v) is 7.60. The number of amides is 1. The van der Waals surface area contributed by atoms with Gasteiger partial charge in [0.05, 0.1) is 11.9 Å². The Hall–Kier alpha value is -1.33. The predicted octanol–water partition coefficient (Wildman–Crippen LogP) is 3.62. The van der Waals surface area contributed by atoms with E-state index in [2.05, 4.69) is 21.2 Å². The van der Waals surface area contributed by atoms with E-state index >= 15 is 0 Å². The van der Waals surface area contributed by atoms with E-state index in [0.29, 0.717) is 17.2 Å². The zero-order chi connectivity index (χ0) is 13.7. The number of methoxy groups -OCH3 is 1. The molecule has 1 heterocycles. The highest BCUT2D eigenvalue weighted by Gasteiger charge is 2.15. The summed E-state index contributed by atoms with van der Waals surface area (Å²) in [6, 6.07) is 11.8. The predicted molar refractivity (Wildman–Crippen MR) is 81.3 cm³/mol. The molecule has 0 saturated carbocycles. The molecule has 1 unspecified atom stereocenters. The van der Waals surface area contributed by atoms with Crippen molar-refractivity contribution < 1.29 is 9.53 Å². The lowest BCUT2D eigenvalue weighted by Crippen LogP contribution is -2.26. The maximum absolute atomic E-state index is 12.0. The van der Waals surface area contributed by atoms with E-state index in [1.165, 1.54) is 11.3 Å². The number of hydrogen-bond donors (Lipinski definition) is 1. The highest BCUT2D eigenvalue weighted by Crippen LogP contribution is 2.25. The first-order valence-electron chi connectivity index (χ1n) is 5.81. The number of carbonyl (C=O) groups excluding carboxylic acids is 1. The van der Waals surface area contributed by atoms with Crippen LogP contribution in [-0.4, -0.2) is 19.6 Å². The smallest absolute Gasteiger partial charge is 0.265 e. The number of thiophene rings is 1. The Kier molecular flexibility index (Phi) is 4.99. The van der Waals surface area contributed by atoms with Crippen molar-refractivity contribution in [2.75, 3.05) is 13.7 Å². The minimum absolute atomic E-state index is 0.101. The standard InChI is InChI=1S/C14H14BrNO2S/c1-18-12-7-8-19-13(12)14(17)16-9-11(15)10-5-3-2-4-6-10/h2-8,11H,9H2,1H3,(H,16,17). The molecule has 1 aromatic heterocycles. The molecule has 3 nitrogen and oxygen atoms in total. The van der Waals surface area contributed by atoms with Crippen LogP contribution in [0.15, 0.2) is 41.8 Å². The van der Waals surface area contributed by atoms with Crippen molar-refractivity contribution in [1.29, 1.82) is 0 Å². The van der Waals surface area contributed by atoms with Crippen LogP contribution >= 0.6 is 27.3 Å². The monoisotopic (exact) mass is 339 g/mol. The molecule has 0 aliphatic rings. The van der Waals surface area contributed by atoms with Gasteiger partial charge in [0.15, 0.2) is 0 Å². The highest BCUT2D eigenvalue weighted by atomic mass is 79.9. The van der Waals surface area contributed by atoms with Crippen molar-refractivity contribution >= 4 is 33.2 Å². The zero-order valence-electron chi connectivity index (χ0n) is 10.4. The highest BCUT2D eigenvalue weighted by molar-refractivity contribution is 9.09. The summed E-state index contributed by atoms with van der Waals surface area (Å²) in [5, 5.41) is 4.75. The van der Waals surface area contributed by atoms with Gasteiger partial charge >= 0.3 is 0 Å². The molecule has 0 fully saturated rings. The van der Waals surface area contributed by atoms with Crippen LogP contribution in [0.5, 0.6) is 5.75 Å². The average molecular weight is 340 g/mol. The van der Waals surface area contributed by atoms with Crippen LogP contribution < -0.4 is 10.1 Å². The van der Waals surface area contributed by atoms with E-state index in [1.807, 2.05) is 35.7 Å². The number of nitrogens with one attached hydrogen (secondary N) is 1. The Balaban J connectivity index is 1.94. The lowest BCUT2D eigenvalue weighted by molar-refractivity contribution is 0.0955. The van der Waals surface area contributed by atoms with E-state index in [0.717, 1.165) is 5.56 Å². The quantitative estimate of drug-likeness (QED) is 0.845. The molecule has 100 valence electrons. The molecule has 2 rings (SSSR count). The lowest BCUT2D eigenvalue weighted by Gasteiger charge is -2.11. The molecular weight excluding hydrogens is 326 g/mol. The van der Waals surface area contributed by atoms with Crippen LogP contribution in [0.25, 0.3) is 0 Å². The van der Waals surface area contributed by atoms with Crippen molar-refractivity contribution in [2.24, 2.45) is 0 Å². The van der Waals surface area contributed by atoms with Crippen LogP contribution in [-0.2, 0) is 0 Å². The average Bonchev–Trinajstić information content (AvgIpc) is 2.93.